The maximum Gasteiger partial charge on any atom is 0.126 e. The molecule has 0 radical (unpaired) electrons. The molecule has 1 atom stereocenters. The first-order chi connectivity index (χ1) is 9.66. The van der Waals surface area contributed by atoms with E-state index >= 15 is 0 Å². The van der Waals surface area contributed by atoms with Crippen molar-refractivity contribution >= 4 is 23.0 Å². The molecular formula is C16H19N3S. The Morgan fingerprint density at radius 3 is 2.65 bits per heavy atom. The average molecular weight is 285 g/mol. The van der Waals surface area contributed by atoms with Crippen LogP contribution in [0.25, 0.3) is 0 Å². The summed E-state index contributed by atoms with van der Waals surface area (Å²) >= 11 is 4.93. The Hall–Kier alpha value is -1.94. The lowest BCUT2D eigenvalue weighted by Gasteiger charge is -2.13. The lowest BCUT2D eigenvalue weighted by atomic mass is 9.98. The first-order valence-corrected chi connectivity index (χ1v) is 7.13. The van der Waals surface area contributed by atoms with Gasteiger partial charge in [-0.1, -0.05) is 55.5 Å². The van der Waals surface area contributed by atoms with E-state index in [1.165, 1.54) is 5.56 Å². The Balaban J connectivity index is 1.87. The number of pyridine rings is 1. The molecule has 1 aromatic carbocycles. The van der Waals surface area contributed by atoms with Crippen molar-refractivity contribution < 1.29 is 0 Å². The van der Waals surface area contributed by atoms with Crippen molar-refractivity contribution in [3.05, 3.63) is 59.8 Å². The van der Waals surface area contributed by atoms with E-state index in [1.807, 2.05) is 24.3 Å². The number of thiocarbonyl (C=S) groups is 1. The molecule has 1 aromatic heterocycles. The first kappa shape index (κ1) is 14.5. The van der Waals surface area contributed by atoms with Crippen molar-refractivity contribution in [2.75, 3.05) is 11.9 Å². The van der Waals surface area contributed by atoms with Crippen LogP contribution in [0, 0.1) is 0 Å². The molecule has 0 bridgehead atoms. The summed E-state index contributed by atoms with van der Waals surface area (Å²) in [6.45, 7) is 3.10. The topological polar surface area (TPSA) is 50.9 Å². The number of benzene rings is 1. The van der Waals surface area contributed by atoms with Gasteiger partial charge in [0.1, 0.15) is 10.8 Å². The second-order valence-corrected chi connectivity index (χ2v) is 5.24. The Morgan fingerprint density at radius 2 is 1.95 bits per heavy atom. The Bertz CT molecular complexity index is 569. The smallest absolute Gasteiger partial charge is 0.126 e. The molecule has 104 valence electrons. The lowest BCUT2D eigenvalue weighted by Crippen LogP contribution is -2.13. The molecule has 0 aliphatic rings. The zero-order valence-electron chi connectivity index (χ0n) is 11.5. The summed E-state index contributed by atoms with van der Waals surface area (Å²) in [4.78, 5) is 4.69. The zero-order valence-corrected chi connectivity index (χ0v) is 12.4. The Kier molecular flexibility index (Phi) is 5.07. The summed E-state index contributed by atoms with van der Waals surface area (Å²) in [5.41, 5.74) is 7.59. The summed E-state index contributed by atoms with van der Waals surface area (Å²) in [6.07, 6.45) is 1.04. The molecule has 20 heavy (non-hydrogen) atoms. The van der Waals surface area contributed by atoms with E-state index in [0.717, 1.165) is 18.8 Å². The van der Waals surface area contributed by atoms with Gasteiger partial charge in [-0.25, -0.2) is 4.98 Å². The highest BCUT2D eigenvalue weighted by molar-refractivity contribution is 7.80. The minimum absolute atomic E-state index is 0.325. The molecule has 0 aliphatic carbocycles. The van der Waals surface area contributed by atoms with Gasteiger partial charge in [0.2, 0.25) is 0 Å². The minimum Gasteiger partial charge on any atom is -0.388 e. The summed E-state index contributed by atoms with van der Waals surface area (Å²) in [7, 11) is 0. The average Bonchev–Trinajstić information content (AvgIpc) is 2.48. The number of nitrogens with two attached hydrogens (primary N) is 1. The molecule has 3 N–H and O–H groups in total. The molecule has 3 nitrogen and oxygen atoms in total. The molecule has 2 rings (SSSR count). The molecular weight excluding hydrogens is 266 g/mol. The van der Waals surface area contributed by atoms with Gasteiger partial charge < -0.3 is 11.1 Å². The third-order valence-electron chi connectivity index (χ3n) is 3.25. The summed E-state index contributed by atoms with van der Waals surface area (Å²) < 4.78 is 0. The van der Waals surface area contributed by atoms with Crippen LogP contribution in [0.1, 0.15) is 30.5 Å². The lowest BCUT2D eigenvalue weighted by molar-refractivity contribution is 0.705. The van der Waals surface area contributed by atoms with Crippen LogP contribution >= 0.6 is 12.2 Å². The van der Waals surface area contributed by atoms with Gasteiger partial charge in [0.15, 0.2) is 0 Å². The molecule has 0 saturated carbocycles. The SMILES string of the molecule is CC(CCNc1cccc(C(N)=S)n1)c1ccccc1. The van der Waals surface area contributed by atoms with Gasteiger partial charge in [0.25, 0.3) is 0 Å². The van der Waals surface area contributed by atoms with Crippen molar-refractivity contribution in [1.82, 2.24) is 4.98 Å². The summed E-state index contributed by atoms with van der Waals surface area (Å²) in [6, 6.07) is 16.2. The standard InChI is InChI=1S/C16H19N3S/c1-12(13-6-3-2-4-7-13)10-11-18-15-9-5-8-14(19-15)16(17)20/h2-9,12H,10-11H2,1H3,(H2,17,20)(H,18,19). The molecule has 0 aliphatic heterocycles. The van der Waals surface area contributed by atoms with E-state index in [4.69, 9.17) is 18.0 Å². The number of anilines is 1. The summed E-state index contributed by atoms with van der Waals surface area (Å²) in [5, 5.41) is 3.31. The van der Waals surface area contributed by atoms with Gasteiger partial charge in [0, 0.05) is 6.54 Å². The van der Waals surface area contributed by atoms with E-state index < -0.39 is 0 Å². The molecule has 0 amide bonds. The zero-order chi connectivity index (χ0) is 14.4. The molecule has 1 heterocycles. The molecule has 4 heteroatoms. The Morgan fingerprint density at radius 1 is 1.20 bits per heavy atom. The highest BCUT2D eigenvalue weighted by Gasteiger charge is 2.05. The highest BCUT2D eigenvalue weighted by atomic mass is 32.1. The van der Waals surface area contributed by atoms with Crippen LogP contribution in [0.2, 0.25) is 0 Å². The number of aromatic nitrogens is 1. The van der Waals surface area contributed by atoms with Crippen LogP contribution in [-0.4, -0.2) is 16.5 Å². The molecule has 1 unspecified atom stereocenters. The fourth-order valence-corrected chi connectivity index (χ4v) is 2.15. The van der Waals surface area contributed by atoms with Crippen molar-refractivity contribution in [3.63, 3.8) is 0 Å². The second-order valence-electron chi connectivity index (χ2n) is 4.80. The predicted octanol–water partition coefficient (Wildman–Crippen LogP) is 3.32. The van der Waals surface area contributed by atoms with Crippen molar-refractivity contribution in [2.24, 2.45) is 5.73 Å². The van der Waals surface area contributed by atoms with Crippen LogP contribution in [0.3, 0.4) is 0 Å². The Labute approximate surface area is 125 Å². The number of rotatable bonds is 6. The first-order valence-electron chi connectivity index (χ1n) is 6.72. The van der Waals surface area contributed by atoms with E-state index in [1.54, 1.807) is 0 Å². The molecule has 0 fully saturated rings. The normalized spacial score (nSPS) is 11.8. The van der Waals surface area contributed by atoms with E-state index in [0.29, 0.717) is 16.6 Å². The molecule has 0 saturated heterocycles. The fourth-order valence-electron chi connectivity index (χ4n) is 2.04. The van der Waals surface area contributed by atoms with Crippen LogP contribution in [0.4, 0.5) is 5.82 Å². The van der Waals surface area contributed by atoms with Crippen LogP contribution in [0.15, 0.2) is 48.5 Å². The maximum atomic E-state index is 5.58. The minimum atomic E-state index is 0.325. The van der Waals surface area contributed by atoms with Crippen molar-refractivity contribution in [2.45, 2.75) is 19.3 Å². The third-order valence-corrected chi connectivity index (χ3v) is 3.46. The van der Waals surface area contributed by atoms with Gasteiger partial charge in [-0.2, -0.15) is 0 Å². The molecule has 2 aromatic rings. The van der Waals surface area contributed by atoms with E-state index in [2.05, 4.69) is 41.5 Å². The maximum absolute atomic E-state index is 5.58. The van der Waals surface area contributed by atoms with Crippen LogP contribution in [-0.2, 0) is 0 Å². The van der Waals surface area contributed by atoms with Gasteiger partial charge in [-0.3, -0.25) is 0 Å². The third kappa shape index (κ3) is 4.03. The second kappa shape index (κ2) is 7.01. The van der Waals surface area contributed by atoms with Crippen LogP contribution in [0.5, 0.6) is 0 Å². The number of hydrogen-bond donors (Lipinski definition) is 2. The van der Waals surface area contributed by atoms with Crippen molar-refractivity contribution in [3.8, 4) is 0 Å². The largest absolute Gasteiger partial charge is 0.388 e. The van der Waals surface area contributed by atoms with Gasteiger partial charge in [-0.15, -0.1) is 0 Å². The van der Waals surface area contributed by atoms with Crippen LogP contribution < -0.4 is 11.1 Å². The number of nitrogens with one attached hydrogen (secondary N) is 1. The van der Waals surface area contributed by atoms with E-state index in [9.17, 15) is 0 Å². The summed E-state index contributed by atoms with van der Waals surface area (Å²) in [5.74, 6) is 1.33. The van der Waals surface area contributed by atoms with E-state index in [-0.39, 0.29) is 0 Å². The number of nitrogens with zero attached hydrogens (tertiary/aromatic N) is 1. The van der Waals surface area contributed by atoms with Gasteiger partial charge in [-0.05, 0) is 30.0 Å². The van der Waals surface area contributed by atoms with Gasteiger partial charge in [0.05, 0.1) is 5.69 Å². The predicted molar refractivity (Wildman–Crippen MR) is 88.1 cm³/mol. The quantitative estimate of drug-likeness (QED) is 0.799. The van der Waals surface area contributed by atoms with Gasteiger partial charge >= 0.3 is 0 Å². The molecule has 0 spiro atoms. The monoisotopic (exact) mass is 285 g/mol. The fraction of sp³-hybridized carbons (Fsp3) is 0.250. The van der Waals surface area contributed by atoms with Crippen molar-refractivity contribution in [1.29, 1.82) is 0 Å². The highest BCUT2D eigenvalue weighted by Crippen LogP contribution is 2.18. The number of hydrogen-bond acceptors (Lipinski definition) is 3.